The zero-order valence-corrected chi connectivity index (χ0v) is 12.9. The summed E-state index contributed by atoms with van der Waals surface area (Å²) in [6.07, 6.45) is 1.65. The lowest BCUT2D eigenvalue weighted by molar-refractivity contribution is -0.137. The van der Waals surface area contributed by atoms with E-state index in [4.69, 9.17) is 9.84 Å². The van der Waals surface area contributed by atoms with Gasteiger partial charge in [-0.05, 0) is 37.5 Å². The van der Waals surface area contributed by atoms with Crippen molar-refractivity contribution >= 4 is 23.5 Å². The van der Waals surface area contributed by atoms with Gasteiger partial charge < -0.3 is 20.5 Å². The van der Waals surface area contributed by atoms with Gasteiger partial charge in [-0.3, -0.25) is 14.4 Å². The standard InChI is InChI=1S/C16H20N2O5/c1-16(7-2-8-23-16)15(22)18-12-5-3-11(4-6-12)9-13(19)17-10-14(20)21/h3-6H,2,7-10H2,1H3,(H,17,19)(H,18,22)(H,20,21). The molecule has 124 valence electrons. The van der Waals surface area contributed by atoms with E-state index in [2.05, 4.69) is 10.6 Å². The second-order valence-electron chi connectivity index (χ2n) is 5.68. The van der Waals surface area contributed by atoms with Crippen LogP contribution in [0.2, 0.25) is 0 Å². The summed E-state index contributed by atoms with van der Waals surface area (Å²) in [6, 6.07) is 6.84. The first-order valence-electron chi connectivity index (χ1n) is 7.42. The minimum Gasteiger partial charge on any atom is -0.480 e. The molecule has 1 aromatic carbocycles. The van der Waals surface area contributed by atoms with Gasteiger partial charge in [0.1, 0.15) is 12.1 Å². The number of benzene rings is 1. The van der Waals surface area contributed by atoms with Crippen LogP contribution in [0.1, 0.15) is 25.3 Å². The first-order valence-corrected chi connectivity index (χ1v) is 7.42. The first kappa shape index (κ1) is 17.0. The predicted molar refractivity (Wildman–Crippen MR) is 83.0 cm³/mol. The molecule has 1 aromatic rings. The van der Waals surface area contributed by atoms with Gasteiger partial charge in [0, 0.05) is 12.3 Å². The number of amides is 2. The Kier molecular flexibility index (Phi) is 5.33. The molecule has 1 heterocycles. The lowest BCUT2D eigenvalue weighted by Gasteiger charge is -2.21. The highest BCUT2D eigenvalue weighted by Gasteiger charge is 2.37. The molecule has 1 fully saturated rings. The van der Waals surface area contributed by atoms with Crippen molar-refractivity contribution in [2.24, 2.45) is 0 Å². The normalized spacial score (nSPS) is 20.0. The average molecular weight is 320 g/mol. The molecule has 0 aliphatic carbocycles. The summed E-state index contributed by atoms with van der Waals surface area (Å²) in [5, 5.41) is 13.6. The monoisotopic (exact) mass is 320 g/mol. The molecule has 23 heavy (non-hydrogen) atoms. The summed E-state index contributed by atoms with van der Waals surface area (Å²) in [4.78, 5) is 34.1. The number of hydrogen-bond acceptors (Lipinski definition) is 4. The van der Waals surface area contributed by atoms with Crippen LogP contribution in [-0.4, -0.2) is 41.6 Å². The molecule has 0 spiro atoms. The van der Waals surface area contributed by atoms with Crippen molar-refractivity contribution < 1.29 is 24.2 Å². The molecule has 0 bridgehead atoms. The summed E-state index contributed by atoms with van der Waals surface area (Å²) in [7, 11) is 0. The van der Waals surface area contributed by atoms with Crippen LogP contribution in [0.3, 0.4) is 0 Å². The molecule has 7 nitrogen and oxygen atoms in total. The Labute approximate surface area is 134 Å². The van der Waals surface area contributed by atoms with Crippen molar-refractivity contribution in [2.45, 2.75) is 31.8 Å². The van der Waals surface area contributed by atoms with E-state index in [1.54, 1.807) is 31.2 Å². The van der Waals surface area contributed by atoms with Crippen LogP contribution in [-0.2, 0) is 25.5 Å². The molecular weight excluding hydrogens is 300 g/mol. The van der Waals surface area contributed by atoms with Gasteiger partial charge in [0.05, 0.1) is 6.42 Å². The molecule has 7 heteroatoms. The Morgan fingerprint density at radius 3 is 2.52 bits per heavy atom. The highest BCUT2D eigenvalue weighted by atomic mass is 16.5. The maximum atomic E-state index is 12.2. The fourth-order valence-electron chi connectivity index (χ4n) is 2.35. The van der Waals surface area contributed by atoms with Gasteiger partial charge >= 0.3 is 5.97 Å². The van der Waals surface area contributed by atoms with Gasteiger partial charge in [-0.2, -0.15) is 0 Å². The SMILES string of the molecule is CC1(C(=O)Nc2ccc(CC(=O)NCC(=O)O)cc2)CCCO1. The number of carbonyl (C=O) groups excluding carboxylic acids is 2. The largest absolute Gasteiger partial charge is 0.480 e. The Morgan fingerprint density at radius 1 is 1.26 bits per heavy atom. The first-order chi connectivity index (χ1) is 10.9. The molecule has 2 amide bonds. The number of carboxylic acid groups (broad SMARTS) is 1. The van der Waals surface area contributed by atoms with Gasteiger partial charge in [0.2, 0.25) is 5.91 Å². The van der Waals surface area contributed by atoms with Crippen molar-refractivity contribution in [3.63, 3.8) is 0 Å². The maximum absolute atomic E-state index is 12.2. The summed E-state index contributed by atoms with van der Waals surface area (Å²) in [5.74, 6) is -1.63. The van der Waals surface area contributed by atoms with Crippen molar-refractivity contribution in [1.82, 2.24) is 5.32 Å². The van der Waals surface area contributed by atoms with Crippen LogP contribution in [0.25, 0.3) is 0 Å². The number of nitrogens with one attached hydrogen (secondary N) is 2. The van der Waals surface area contributed by atoms with E-state index in [9.17, 15) is 14.4 Å². The lowest BCUT2D eigenvalue weighted by atomic mass is 10.0. The zero-order chi connectivity index (χ0) is 16.9. The topological polar surface area (TPSA) is 105 Å². The number of aliphatic carboxylic acids is 1. The second kappa shape index (κ2) is 7.23. The van der Waals surface area contributed by atoms with Crippen LogP contribution in [0.5, 0.6) is 0 Å². The van der Waals surface area contributed by atoms with Gasteiger partial charge in [0.25, 0.3) is 5.91 Å². The van der Waals surface area contributed by atoms with Crippen LogP contribution >= 0.6 is 0 Å². The molecular formula is C16H20N2O5. The van der Waals surface area contributed by atoms with Crippen LogP contribution in [0.15, 0.2) is 24.3 Å². The summed E-state index contributed by atoms with van der Waals surface area (Å²) >= 11 is 0. The molecule has 2 rings (SSSR count). The fraction of sp³-hybridized carbons (Fsp3) is 0.438. The van der Waals surface area contributed by atoms with E-state index in [1.165, 1.54) is 0 Å². The zero-order valence-electron chi connectivity index (χ0n) is 12.9. The van der Waals surface area contributed by atoms with Gasteiger partial charge in [-0.25, -0.2) is 0 Å². The molecule has 1 atom stereocenters. The molecule has 1 aliphatic heterocycles. The third-order valence-corrected chi connectivity index (χ3v) is 3.71. The van der Waals surface area contributed by atoms with E-state index in [-0.39, 0.29) is 18.2 Å². The Morgan fingerprint density at radius 2 is 1.96 bits per heavy atom. The maximum Gasteiger partial charge on any atom is 0.322 e. The van der Waals surface area contributed by atoms with Crippen molar-refractivity contribution in [3.05, 3.63) is 29.8 Å². The number of carboxylic acids is 1. The van der Waals surface area contributed by atoms with Crippen LogP contribution in [0, 0.1) is 0 Å². The lowest BCUT2D eigenvalue weighted by Crippen LogP contribution is -2.39. The van der Waals surface area contributed by atoms with E-state index in [0.29, 0.717) is 18.7 Å². The molecule has 1 unspecified atom stereocenters. The molecule has 1 aliphatic rings. The molecule has 1 saturated heterocycles. The Bertz CT molecular complexity index is 591. The van der Waals surface area contributed by atoms with E-state index < -0.39 is 18.1 Å². The second-order valence-corrected chi connectivity index (χ2v) is 5.68. The smallest absolute Gasteiger partial charge is 0.322 e. The van der Waals surface area contributed by atoms with Crippen molar-refractivity contribution in [2.75, 3.05) is 18.5 Å². The molecule has 0 aromatic heterocycles. The van der Waals surface area contributed by atoms with E-state index in [0.717, 1.165) is 12.0 Å². The van der Waals surface area contributed by atoms with Crippen LogP contribution in [0.4, 0.5) is 5.69 Å². The third-order valence-electron chi connectivity index (χ3n) is 3.71. The minimum atomic E-state index is -1.08. The number of ether oxygens (including phenoxy) is 1. The van der Waals surface area contributed by atoms with Crippen molar-refractivity contribution in [1.29, 1.82) is 0 Å². The van der Waals surface area contributed by atoms with E-state index in [1.807, 2.05) is 0 Å². The Balaban J connectivity index is 1.88. The Hall–Kier alpha value is -2.41. The van der Waals surface area contributed by atoms with Gasteiger partial charge in [-0.1, -0.05) is 12.1 Å². The highest BCUT2D eigenvalue weighted by Crippen LogP contribution is 2.26. The van der Waals surface area contributed by atoms with Gasteiger partial charge in [0.15, 0.2) is 0 Å². The number of rotatable bonds is 6. The molecule has 0 radical (unpaired) electrons. The van der Waals surface area contributed by atoms with Crippen molar-refractivity contribution in [3.8, 4) is 0 Å². The number of carbonyl (C=O) groups is 3. The van der Waals surface area contributed by atoms with E-state index >= 15 is 0 Å². The van der Waals surface area contributed by atoms with Gasteiger partial charge in [-0.15, -0.1) is 0 Å². The molecule has 3 N–H and O–H groups in total. The summed E-state index contributed by atoms with van der Waals surface area (Å²) in [6.45, 7) is 1.97. The van der Waals surface area contributed by atoms with Crippen LogP contribution < -0.4 is 10.6 Å². The predicted octanol–water partition coefficient (Wildman–Crippen LogP) is 0.937. The minimum absolute atomic E-state index is 0.0856. The summed E-state index contributed by atoms with van der Waals surface area (Å²) in [5.41, 5.74) is 0.575. The number of anilines is 1. The highest BCUT2D eigenvalue weighted by molar-refractivity contribution is 5.97. The third kappa shape index (κ3) is 4.79. The number of hydrogen-bond donors (Lipinski definition) is 3. The summed E-state index contributed by atoms with van der Waals surface area (Å²) < 4.78 is 5.48. The quantitative estimate of drug-likeness (QED) is 0.723. The fourth-order valence-corrected chi connectivity index (χ4v) is 2.35. The average Bonchev–Trinajstić information content (AvgIpc) is 2.95. The molecule has 0 saturated carbocycles.